The van der Waals surface area contributed by atoms with E-state index in [1.807, 2.05) is 19.9 Å². The molecule has 9 nitrogen and oxygen atoms in total. The molecule has 1 aliphatic rings. The van der Waals surface area contributed by atoms with E-state index >= 15 is 0 Å². The topological polar surface area (TPSA) is 105 Å². The number of hydrogen-bond donors (Lipinski definition) is 0. The SMILES string of the molecule is Cc1cc(C)n2nc(C(=O)OCC(=O)c3ccc4c(c3)OCO4)nc2n1. The molecule has 0 aliphatic carbocycles. The van der Waals surface area contributed by atoms with Crippen LogP contribution in [0.1, 0.15) is 32.4 Å². The standard InChI is InChI=1S/C17H14N4O5/c1-9-5-10(2)21-17(18-9)19-15(20-21)16(23)24-7-12(22)11-3-4-13-14(6-11)26-8-25-13/h3-6H,7-8H2,1-2H3. The van der Waals surface area contributed by atoms with Gasteiger partial charge in [-0.15, -0.1) is 5.10 Å². The van der Waals surface area contributed by atoms with Crippen LogP contribution in [0.2, 0.25) is 0 Å². The van der Waals surface area contributed by atoms with Crippen molar-refractivity contribution in [1.82, 2.24) is 19.6 Å². The normalized spacial score (nSPS) is 12.4. The molecule has 9 heteroatoms. The van der Waals surface area contributed by atoms with E-state index in [4.69, 9.17) is 14.2 Å². The van der Waals surface area contributed by atoms with Crippen molar-refractivity contribution in [2.24, 2.45) is 0 Å². The molecule has 0 fully saturated rings. The zero-order chi connectivity index (χ0) is 18.3. The number of ketones is 1. The van der Waals surface area contributed by atoms with Gasteiger partial charge >= 0.3 is 5.97 Å². The van der Waals surface area contributed by atoms with Crippen LogP contribution in [0.4, 0.5) is 0 Å². The number of nitrogens with zero attached hydrogens (tertiary/aromatic N) is 4. The average molecular weight is 354 g/mol. The summed E-state index contributed by atoms with van der Waals surface area (Å²) in [7, 11) is 0. The second kappa shape index (κ2) is 6.10. The quantitative estimate of drug-likeness (QED) is 0.513. The lowest BCUT2D eigenvalue weighted by Gasteiger charge is -2.03. The lowest BCUT2D eigenvalue weighted by molar-refractivity contribution is 0.0463. The fraction of sp³-hybridized carbons (Fsp3) is 0.235. The zero-order valence-corrected chi connectivity index (χ0v) is 14.1. The van der Waals surface area contributed by atoms with Gasteiger partial charge in [-0.1, -0.05) is 0 Å². The first-order valence-electron chi connectivity index (χ1n) is 7.82. The molecule has 4 rings (SSSR count). The molecule has 0 radical (unpaired) electrons. The highest BCUT2D eigenvalue weighted by Gasteiger charge is 2.20. The third-order valence-corrected chi connectivity index (χ3v) is 3.83. The molecule has 0 saturated heterocycles. The van der Waals surface area contributed by atoms with Crippen molar-refractivity contribution in [3.05, 3.63) is 47.0 Å². The molecule has 1 aromatic carbocycles. The molecule has 0 saturated carbocycles. The Balaban J connectivity index is 1.47. The molecule has 0 spiro atoms. The van der Waals surface area contributed by atoms with E-state index in [2.05, 4.69) is 15.1 Å². The van der Waals surface area contributed by atoms with Crippen LogP contribution >= 0.6 is 0 Å². The van der Waals surface area contributed by atoms with E-state index in [0.717, 1.165) is 11.4 Å². The van der Waals surface area contributed by atoms with Crippen molar-refractivity contribution in [2.45, 2.75) is 13.8 Å². The Hall–Kier alpha value is -3.49. The number of Topliss-reactive ketones (excluding diaryl/α,β-unsaturated/α-hetero) is 1. The van der Waals surface area contributed by atoms with Gasteiger partial charge in [0.25, 0.3) is 11.6 Å². The van der Waals surface area contributed by atoms with Gasteiger partial charge in [-0.05, 0) is 38.1 Å². The number of carbonyl (C=O) groups excluding carboxylic acids is 2. The maximum absolute atomic E-state index is 12.2. The van der Waals surface area contributed by atoms with Crippen LogP contribution in [0.3, 0.4) is 0 Å². The number of ether oxygens (including phenoxy) is 3. The predicted octanol–water partition coefficient (Wildman–Crippen LogP) is 1.51. The molecule has 132 valence electrons. The third kappa shape index (κ3) is 2.83. The maximum atomic E-state index is 12.2. The summed E-state index contributed by atoms with van der Waals surface area (Å²) >= 11 is 0. The smallest absolute Gasteiger partial charge is 0.378 e. The van der Waals surface area contributed by atoms with Crippen molar-refractivity contribution in [2.75, 3.05) is 13.4 Å². The number of esters is 1. The molecule has 1 aliphatic heterocycles. The Labute approximate surface area is 147 Å². The van der Waals surface area contributed by atoms with E-state index in [9.17, 15) is 9.59 Å². The van der Waals surface area contributed by atoms with Gasteiger partial charge in [-0.2, -0.15) is 4.98 Å². The monoisotopic (exact) mass is 354 g/mol. The molecule has 0 N–H and O–H groups in total. The Morgan fingerprint density at radius 3 is 2.81 bits per heavy atom. The minimum Gasteiger partial charge on any atom is -0.454 e. The second-order valence-corrected chi connectivity index (χ2v) is 5.75. The van der Waals surface area contributed by atoms with E-state index < -0.39 is 12.6 Å². The molecule has 3 heterocycles. The Bertz CT molecular complexity index is 1040. The molecule has 2 aromatic heterocycles. The Morgan fingerprint density at radius 1 is 1.15 bits per heavy atom. The third-order valence-electron chi connectivity index (χ3n) is 3.83. The van der Waals surface area contributed by atoms with Gasteiger partial charge in [-0.3, -0.25) is 4.79 Å². The van der Waals surface area contributed by atoms with Gasteiger partial charge in [0.15, 0.2) is 23.9 Å². The molecular formula is C17H14N4O5. The highest BCUT2D eigenvalue weighted by Crippen LogP contribution is 2.32. The van der Waals surface area contributed by atoms with Gasteiger partial charge < -0.3 is 14.2 Å². The fourth-order valence-corrected chi connectivity index (χ4v) is 2.60. The minimum absolute atomic E-state index is 0.119. The Kier molecular flexibility index (Phi) is 3.76. The van der Waals surface area contributed by atoms with Crippen LogP contribution in [0.5, 0.6) is 11.5 Å². The summed E-state index contributed by atoms with van der Waals surface area (Å²) in [6, 6.07) is 6.60. The van der Waals surface area contributed by atoms with Crippen molar-refractivity contribution < 1.29 is 23.8 Å². The number of carbonyl (C=O) groups is 2. The summed E-state index contributed by atoms with van der Waals surface area (Å²) in [6.07, 6.45) is 0. The van der Waals surface area contributed by atoms with Crippen molar-refractivity contribution in [1.29, 1.82) is 0 Å². The summed E-state index contributed by atoms with van der Waals surface area (Å²) in [4.78, 5) is 32.6. The number of fused-ring (bicyclic) bond motifs is 2. The Morgan fingerprint density at radius 2 is 1.96 bits per heavy atom. The molecule has 0 atom stereocenters. The van der Waals surface area contributed by atoms with Crippen molar-refractivity contribution in [3.8, 4) is 11.5 Å². The van der Waals surface area contributed by atoms with Gasteiger partial charge in [0, 0.05) is 17.0 Å². The average Bonchev–Trinajstić information content (AvgIpc) is 3.25. The van der Waals surface area contributed by atoms with Crippen molar-refractivity contribution >= 4 is 17.5 Å². The van der Waals surface area contributed by atoms with Crippen LogP contribution in [-0.4, -0.2) is 44.7 Å². The van der Waals surface area contributed by atoms with E-state index in [-0.39, 0.29) is 18.4 Å². The number of aromatic nitrogens is 4. The molecule has 3 aromatic rings. The van der Waals surface area contributed by atoms with Crippen LogP contribution in [-0.2, 0) is 4.74 Å². The lowest BCUT2D eigenvalue weighted by Crippen LogP contribution is -2.15. The summed E-state index contributed by atoms with van der Waals surface area (Å²) in [5.41, 5.74) is 1.91. The second-order valence-electron chi connectivity index (χ2n) is 5.75. The molecular weight excluding hydrogens is 340 g/mol. The number of rotatable bonds is 4. The molecule has 0 bridgehead atoms. The molecule has 0 amide bonds. The van der Waals surface area contributed by atoms with E-state index in [1.165, 1.54) is 4.52 Å². The highest BCUT2D eigenvalue weighted by atomic mass is 16.7. The summed E-state index contributed by atoms with van der Waals surface area (Å²) in [6.45, 7) is 3.34. The number of aryl methyl sites for hydroxylation is 2. The van der Waals surface area contributed by atoms with Crippen LogP contribution in [0, 0.1) is 13.8 Å². The van der Waals surface area contributed by atoms with Crippen molar-refractivity contribution in [3.63, 3.8) is 0 Å². The first-order valence-corrected chi connectivity index (χ1v) is 7.82. The van der Waals surface area contributed by atoms with E-state index in [1.54, 1.807) is 18.2 Å². The lowest BCUT2D eigenvalue weighted by atomic mass is 10.1. The van der Waals surface area contributed by atoms with Crippen LogP contribution in [0.25, 0.3) is 5.78 Å². The van der Waals surface area contributed by atoms with Gasteiger partial charge in [0.2, 0.25) is 6.79 Å². The highest BCUT2D eigenvalue weighted by molar-refractivity contribution is 5.99. The fourth-order valence-electron chi connectivity index (χ4n) is 2.60. The van der Waals surface area contributed by atoms with Crippen LogP contribution < -0.4 is 9.47 Å². The van der Waals surface area contributed by atoms with Gasteiger partial charge in [0.05, 0.1) is 0 Å². The van der Waals surface area contributed by atoms with Crippen LogP contribution in [0.15, 0.2) is 24.3 Å². The summed E-state index contributed by atoms with van der Waals surface area (Å²) < 4.78 is 16.9. The summed E-state index contributed by atoms with van der Waals surface area (Å²) in [5.74, 6) is 0.0557. The first kappa shape index (κ1) is 16.0. The molecule has 26 heavy (non-hydrogen) atoms. The summed E-state index contributed by atoms with van der Waals surface area (Å²) in [5, 5.41) is 4.07. The number of benzene rings is 1. The van der Waals surface area contributed by atoms with E-state index in [0.29, 0.717) is 22.8 Å². The largest absolute Gasteiger partial charge is 0.454 e. The number of hydrogen-bond acceptors (Lipinski definition) is 8. The van der Waals surface area contributed by atoms with Gasteiger partial charge in [-0.25, -0.2) is 14.3 Å². The predicted molar refractivity (Wildman–Crippen MR) is 87.4 cm³/mol. The zero-order valence-electron chi connectivity index (χ0n) is 14.1. The minimum atomic E-state index is -0.790. The van der Waals surface area contributed by atoms with Gasteiger partial charge in [0.1, 0.15) is 0 Å². The first-order chi connectivity index (χ1) is 12.5. The maximum Gasteiger partial charge on any atom is 0.378 e. The molecule has 0 unspecified atom stereocenters.